The monoisotopic (exact) mass is 719 g/mol. The maximum absolute atomic E-state index is 15.4. The molecule has 4 heterocycles. The van der Waals surface area contributed by atoms with E-state index in [1.54, 1.807) is 29.2 Å². The van der Waals surface area contributed by atoms with Crippen molar-refractivity contribution < 1.29 is 38.5 Å². The highest BCUT2D eigenvalue weighted by Crippen LogP contribution is 2.57. The second-order valence-electron chi connectivity index (χ2n) is 14.2. The van der Waals surface area contributed by atoms with Crippen molar-refractivity contribution >= 4 is 29.4 Å². The molecule has 4 aliphatic rings. The Morgan fingerprint density at radius 2 is 1.62 bits per heavy atom. The van der Waals surface area contributed by atoms with Crippen molar-refractivity contribution in [2.24, 2.45) is 11.8 Å². The summed E-state index contributed by atoms with van der Waals surface area (Å²) in [5.74, 6) is -4.11. The molecule has 11 heteroatoms. The van der Waals surface area contributed by atoms with Gasteiger partial charge in [-0.05, 0) is 42.5 Å². The zero-order chi connectivity index (χ0) is 37.3. The van der Waals surface area contributed by atoms with Crippen molar-refractivity contribution in [3.05, 3.63) is 125 Å². The molecule has 2 N–H and O–H groups in total. The summed E-state index contributed by atoms with van der Waals surface area (Å²) < 4.78 is 18.5. The summed E-state index contributed by atoms with van der Waals surface area (Å²) in [7, 11) is 1.51. The minimum Gasteiger partial charge on any atom is -0.455 e. The number of benzene rings is 3. The Balaban J connectivity index is 1.39. The number of anilines is 1. The van der Waals surface area contributed by atoms with Gasteiger partial charge in [0.2, 0.25) is 11.8 Å². The van der Waals surface area contributed by atoms with Crippen molar-refractivity contribution in [2.75, 3.05) is 31.8 Å². The van der Waals surface area contributed by atoms with Crippen LogP contribution >= 0.6 is 0 Å². The van der Waals surface area contributed by atoms with Crippen molar-refractivity contribution in [1.29, 1.82) is 0 Å². The molecule has 2 saturated heterocycles. The number of nitrogens with one attached hydrogen (secondary N) is 1. The fourth-order valence-electron chi connectivity index (χ4n) is 8.60. The summed E-state index contributed by atoms with van der Waals surface area (Å²) in [5, 5.41) is 14.0. The van der Waals surface area contributed by atoms with E-state index in [0.717, 1.165) is 11.1 Å². The number of nitrogens with zero attached hydrogens (tertiary/aromatic N) is 2. The van der Waals surface area contributed by atoms with Crippen LogP contribution in [-0.2, 0) is 33.4 Å². The van der Waals surface area contributed by atoms with Crippen LogP contribution < -0.4 is 10.2 Å². The van der Waals surface area contributed by atoms with Gasteiger partial charge in [0, 0.05) is 25.8 Å². The number of methoxy groups -OCH3 is 1. The van der Waals surface area contributed by atoms with E-state index >= 15 is 9.59 Å². The molecular weight excluding hydrogens is 674 g/mol. The van der Waals surface area contributed by atoms with Crippen LogP contribution in [0.3, 0.4) is 0 Å². The fraction of sp³-hybridized carbons (Fsp3) is 0.381. The number of amides is 3. The van der Waals surface area contributed by atoms with Crippen LogP contribution in [0.1, 0.15) is 47.2 Å². The molecule has 3 amide bonds. The normalized spacial score (nSPS) is 29.9. The molecule has 8 atom stereocenters. The summed E-state index contributed by atoms with van der Waals surface area (Å²) in [6.07, 6.45) is 5.92. The van der Waals surface area contributed by atoms with Crippen LogP contribution in [0, 0.1) is 25.7 Å². The van der Waals surface area contributed by atoms with Gasteiger partial charge in [0.25, 0.3) is 5.91 Å². The van der Waals surface area contributed by atoms with Gasteiger partial charge in [-0.2, -0.15) is 0 Å². The number of cyclic esters (lactones) is 1. The van der Waals surface area contributed by atoms with Crippen molar-refractivity contribution in [3.8, 4) is 0 Å². The second-order valence-corrected chi connectivity index (χ2v) is 14.2. The summed E-state index contributed by atoms with van der Waals surface area (Å²) in [4.78, 5) is 61.5. The molecule has 53 heavy (non-hydrogen) atoms. The minimum absolute atomic E-state index is 0.0512. The fourth-order valence-corrected chi connectivity index (χ4v) is 8.60. The highest BCUT2D eigenvalue weighted by atomic mass is 16.6. The van der Waals surface area contributed by atoms with Crippen LogP contribution in [0.4, 0.5) is 5.69 Å². The predicted molar refractivity (Wildman–Crippen MR) is 196 cm³/mol. The molecule has 11 nitrogen and oxygen atoms in total. The molecule has 1 spiro atoms. The van der Waals surface area contributed by atoms with E-state index in [4.69, 9.17) is 14.2 Å². The first-order valence-corrected chi connectivity index (χ1v) is 18.1. The highest BCUT2D eigenvalue weighted by Gasteiger charge is 2.74. The Morgan fingerprint density at radius 1 is 0.925 bits per heavy atom. The number of allylic oxidation sites excluding steroid dienone is 1. The number of hydrogen-bond acceptors (Lipinski definition) is 8. The molecular formula is C42H45N3O8. The van der Waals surface area contributed by atoms with Gasteiger partial charge in [0.1, 0.15) is 23.7 Å². The average Bonchev–Trinajstić information content (AvgIpc) is 3.81. The minimum atomic E-state index is -1.53. The zero-order valence-corrected chi connectivity index (χ0v) is 30.1. The molecule has 276 valence electrons. The Kier molecular flexibility index (Phi) is 10.3. The standard InChI is InChI=1S/C42H45N3O8/c1-26-14-13-15-27(2)36(26)44-23-12-6-11-20-33(47)43-30(25-51-3)37(29-18-9-5-10-19-29)52-41(50)34-32-21-22-42(53-32)35(34)39(48)45(38(42)40(44)49)31(24-46)28-16-7-4-8-17-28/h4-10,12-19,21-22,30-32,34-35,37-38,46H,11,20,23-25H2,1-3H3,(H,43,47)/b12-6-/t30-,31+,32+,34-,35-,37-,38+,42-/m0/s1. The Labute approximate surface area is 309 Å². The van der Waals surface area contributed by atoms with Crippen LogP contribution in [-0.4, -0.2) is 84.4 Å². The number of rotatable bonds is 7. The van der Waals surface area contributed by atoms with E-state index in [-0.39, 0.29) is 25.5 Å². The molecule has 7 rings (SSSR count). The first-order chi connectivity index (χ1) is 25.7. The smallest absolute Gasteiger partial charge is 0.313 e. The number of hydrogen-bond donors (Lipinski definition) is 2. The summed E-state index contributed by atoms with van der Waals surface area (Å²) in [5.41, 5.74) is 2.14. The molecule has 0 aliphatic carbocycles. The van der Waals surface area contributed by atoms with Gasteiger partial charge in [-0.25, -0.2) is 0 Å². The number of aliphatic hydroxyl groups is 1. The van der Waals surface area contributed by atoms with Crippen LogP contribution in [0.25, 0.3) is 0 Å². The van der Waals surface area contributed by atoms with E-state index in [0.29, 0.717) is 23.2 Å². The van der Waals surface area contributed by atoms with Crippen molar-refractivity contribution in [2.45, 2.75) is 62.6 Å². The zero-order valence-electron chi connectivity index (χ0n) is 30.1. The lowest BCUT2D eigenvalue weighted by Crippen LogP contribution is -2.57. The van der Waals surface area contributed by atoms with Crippen LogP contribution in [0.15, 0.2) is 103 Å². The number of fused-ring (bicyclic) bond motifs is 2. The lowest BCUT2D eigenvalue weighted by atomic mass is 9.74. The maximum atomic E-state index is 15.4. The molecule has 3 aromatic carbocycles. The Bertz CT molecular complexity index is 1900. The maximum Gasteiger partial charge on any atom is 0.313 e. The molecule has 5 bridgehead atoms. The van der Waals surface area contributed by atoms with Crippen LogP contribution in [0.2, 0.25) is 0 Å². The third-order valence-corrected chi connectivity index (χ3v) is 10.9. The Morgan fingerprint density at radius 3 is 2.30 bits per heavy atom. The number of carbonyl (C=O) groups excluding carboxylic acids is 4. The molecule has 2 fully saturated rings. The lowest BCUT2D eigenvalue weighted by molar-refractivity contribution is -0.162. The first kappa shape index (κ1) is 36.3. The molecule has 0 radical (unpaired) electrons. The largest absolute Gasteiger partial charge is 0.455 e. The number of aryl methyl sites for hydroxylation is 2. The molecule has 3 aromatic rings. The lowest BCUT2D eigenvalue weighted by Gasteiger charge is -2.39. The third kappa shape index (κ3) is 6.47. The SMILES string of the molecule is COC[C@@H]1NC(=O)CC/C=C\CN(c2c(C)cccc2C)C(=O)[C@H]2N([C@H](CO)c3ccccc3)C(=O)[C@@H]3[C@@H](C(=O)O[C@H]1c1ccccc1)[C@H]1C=C[C@]32O1. The van der Waals surface area contributed by atoms with Gasteiger partial charge in [0.15, 0.2) is 0 Å². The molecule has 4 aliphatic heterocycles. The van der Waals surface area contributed by atoms with Gasteiger partial charge in [-0.1, -0.05) is 103 Å². The van der Waals surface area contributed by atoms with Gasteiger partial charge in [-0.15, -0.1) is 0 Å². The molecule has 0 saturated carbocycles. The van der Waals surface area contributed by atoms with Gasteiger partial charge < -0.3 is 34.4 Å². The van der Waals surface area contributed by atoms with E-state index in [9.17, 15) is 14.7 Å². The number of likely N-dealkylation sites (tertiary alicyclic amines) is 1. The van der Waals surface area contributed by atoms with Crippen LogP contribution in [0.5, 0.6) is 0 Å². The van der Waals surface area contributed by atoms with Gasteiger partial charge in [-0.3, -0.25) is 19.2 Å². The molecule has 0 aromatic heterocycles. The van der Waals surface area contributed by atoms with E-state index in [2.05, 4.69) is 5.32 Å². The Hall–Kier alpha value is -5.10. The highest BCUT2D eigenvalue weighted by molar-refractivity contribution is 6.06. The van der Waals surface area contributed by atoms with Gasteiger partial charge in [0.05, 0.1) is 37.3 Å². The number of aliphatic hydroxyl groups excluding tert-OH is 1. The van der Waals surface area contributed by atoms with E-state index in [1.165, 1.54) is 12.0 Å². The average molecular weight is 720 g/mol. The summed E-state index contributed by atoms with van der Waals surface area (Å²) in [6.45, 7) is 3.57. The number of esters is 1. The second kappa shape index (κ2) is 15.1. The summed E-state index contributed by atoms with van der Waals surface area (Å²) in [6, 6.07) is 21.0. The quantitative estimate of drug-likeness (QED) is 0.273. The van der Waals surface area contributed by atoms with E-state index in [1.807, 2.05) is 92.7 Å². The summed E-state index contributed by atoms with van der Waals surface area (Å²) >= 11 is 0. The number of carbonyl (C=O) groups is 4. The third-order valence-electron chi connectivity index (χ3n) is 10.9. The topological polar surface area (TPSA) is 135 Å². The predicted octanol–water partition coefficient (Wildman–Crippen LogP) is 4.29. The van der Waals surface area contributed by atoms with Gasteiger partial charge >= 0.3 is 5.97 Å². The number of para-hydroxylation sites is 1. The number of ether oxygens (including phenoxy) is 3. The van der Waals surface area contributed by atoms with Crippen molar-refractivity contribution in [1.82, 2.24) is 10.2 Å². The first-order valence-electron chi connectivity index (χ1n) is 18.1. The van der Waals surface area contributed by atoms with E-state index < -0.39 is 72.2 Å². The van der Waals surface area contributed by atoms with Crippen molar-refractivity contribution in [3.63, 3.8) is 0 Å². The molecule has 0 unspecified atom stereocenters.